The third-order valence-electron chi connectivity index (χ3n) is 1.97. The first kappa shape index (κ1) is 7.80. The first-order valence-corrected chi connectivity index (χ1v) is 5.46. The van der Waals surface area contributed by atoms with Gasteiger partial charge < -0.3 is 0 Å². The Balaban J connectivity index is 2.42. The molecule has 2 nitrogen and oxygen atoms in total. The van der Waals surface area contributed by atoms with Gasteiger partial charge in [-0.25, -0.2) is 8.42 Å². The van der Waals surface area contributed by atoms with Crippen LogP contribution in [0.3, 0.4) is 0 Å². The second-order valence-electron chi connectivity index (χ2n) is 2.98. The molecule has 0 heterocycles. The Morgan fingerprint density at radius 1 is 1.42 bits per heavy atom. The van der Waals surface area contributed by atoms with Gasteiger partial charge in [-0.2, -0.15) is 0 Å². The second-order valence-corrected chi connectivity index (χ2v) is 5.21. The zero-order valence-electron chi connectivity index (χ0n) is 6.53. The summed E-state index contributed by atoms with van der Waals surface area (Å²) in [5, 5.41) is -0.117. The van der Waals surface area contributed by atoms with E-state index in [4.69, 9.17) is 0 Å². The fourth-order valence-corrected chi connectivity index (χ4v) is 2.77. The van der Waals surface area contributed by atoms with E-state index < -0.39 is 9.84 Å². The zero-order chi connectivity index (χ0) is 8.60. The fraction of sp³-hybridized carbons (Fsp3) is 0.333. The first-order valence-electron chi connectivity index (χ1n) is 3.91. The summed E-state index contributed by atoms with van der Waals surface area (Å²) >= 11 is 0. The molecule has 1 saturated carbocycles. The monoisotopic (exact) mass is 181 g/mol. The third kappa shape index (κ3) is 1.25. The Kier molecular flexibility index (Phi) is 1.68. The van der Waals surface area contributed by atoms with E-state index in [2.05, 4.69) is 6.07 Å². The van der Waals surface area contributed by atoms with Crippen LogP contribution in [0.15, 0.2) is 29.2 Å². The highest BCUT2D eigenvalue weighted by molar-refractivity contribution is 7.92. The zero-order valence-corrected chi connectivity index (χ0v) is 7.34. The van der Waals surface area contributed by atoms with E-state index in [-0.39, 0.29) is 5.25 Å². The van der Waals surface area contributed by atoms with Crippen molar-refractivity contribution in [3.8, 4) is 0 Å². The van der Waals surface area contributed by atoms with Crippen molar-refractivity contribution in [3.63, 3.8) is 0 Å². The summed E-state index contributed by atoms with van der Waals surface area (Å²) in [7, 11) is -3.00. The Bertz CT molecular complexity index is 363. The quantitative estimate of drug-likeness (QED) is 0.691. The summed E-state index contributed by atoms with van der Waals surface area (Å²) < 4.78 is 23.1. The second kappa shape index (κ2) is 2.59. The van der Waals surface area contributed by atoms with Crippen LogP contribution in [0.5, 0.6) is 0 Å². The summed E-state index contributed by atoms with van der Waals surface area (Å²) in [5.41, 5.74) is 0. The van der Waals surface area contributed by atoms with Crippen molar-refractivity contribution in [2.45, 2.75) is 23.0 Å². The topological polar surface area (TPSA) is 34.1 Å². The summed E-state index contributed by atoms with van der Waals surface area (Å²) in [5.74, 6) is 0. The Labute approximate surface area is 72.1 Å². The highest BCUT2D eigenvalue weighted by Gasteiger charge is 2.36. The molecule has 0 saturated heterocycles. The molecule has 0 N–H and O–H groups in total. The lowest BCUT2D eigenvalue weighted by molar-refractivity contribution is 0.595. The number of hydrogen-bond acceptors (Lipinski definition) is 2. The molecule has 1 radical (unpaired) electrons. The van der Waals surface area contributed by atoms with Gasteiger partial charge in [-0.1, -0.05) is 12.1 Å². The van der Waals surface area contributed by atoms with Crippen molar-refractivity contribution in [3.05, 3.63) is 30.3 Å². The molecule has 0 atom stereocenters. The first-order chi connectivity index (χ1) is 5.71. The third-order valence-corrected chi connectivity index (χ3v) is 4.23. The van der Waals surface area contributed by atoms with Crippen LogP contribution in [-0.4, -0.2) is 13.7 Å². The van der Waals surface area contributed by atoms with Crippen LogP contribution >= 0.6 is 0 Å². The Hall–Kier alpha value is -0.830. The van der Waals surface area contributed by atoms with Crippen LogP contribution in [0.2, 0.25) is 0 Å². The maximum Gasteiger partial charge on any atom is 0.181 e. The average Bonchev–Trinajstić information content (AvgIpc) is 2.88. The van der Waals surface area contributed by atoms with E-state index in [1.165, 1.54) is 6.07 Å². The molecule has 3 heteroatoms. The largest absolute Gasteiger partial charge is 0.223 e. The lowest BCUT2D eigenvalue weighted by Gasteiger charge is -1.99. The number of hydrogen-bond donors (Lipinski definition) is 0. The van der Waals surface area contributed by atoms with E-state index in [1.54, 1.807) is 18.2 Å². The van der Waals surface area contributed by atoms with Crippen molar-refractivity contribution in [2.24, 2.45) is 0 Å². The smallest absolute Gasteiger partial charge is 0.181 e. The van der Waals surface area contributed by atoms with E-state index in [0.717, 1.165) is 12.8 Å². The standard InChI is InChI=1S/C9H9O2S/c10-12(11,9-6-7-9)8-4-2-1-3-5-8/h1-2,4-5,9H,6-7H2. The SMILES string of the molecule is O=S(=O)(c1c[c]ccc1)C1CC1. The lowest BCUT2D eigenvalue weighted by atomic mass is 10.4. The Morgan fingerprint density at radius 3 is 2.67 bits per heavy atom. The Morgan fingerprint density at radius 2 is 2.17 bits per heavy atom. The molecular formula is C9H9O2S. The van der Waals surface area contributed by atoms with Gasteiger partial charge in [0, 0.05) is 0 Å². The van der Waals surface area contributed by atoms with E-state index in [9.17, 15) is 8.42 Å². The van der Waals surface area contributed by atoms with Crippen LogP contribution in [0, 0.1) is 6.07 Å². The van der Waals surface area contributed by atoms with Crippen LogP contribution in [-0.2, 0) is 9.84 Å². The number of benzene rings is 1. The molecule has 1 aliphatic rings. The highest BCUT2D eigenvalue weighted by atomic mass is 32.2. The number of sulfone groups is 1. The molecule has 1 aliphatic carbocycles. The van der Waals surface area contributed by atoms with Crippen molar-refractivity contribution < 1.29 is 8.42 Å². The van der Waals surface area contributed by atoms with E-state index in [0.29, 0.717) is 4.90 Å². The van der Waals surface area contributed by atoms with Crippen LogP contribution < -0.4 is 0 Å². The number of rotatable bonds is 2. The van der Waals surface area contributed by atoms with Gasteiger partial charge in [0.25, 0.3) is 0 Å². The average molecular weight is 181 g/mol. The maximum atomic E-state index is 11.6. The highest BCUT2D eigenvalue weighted by Crippen LogP contribution is 2.32. The minimum Gasteiger partial charge on any atom is -0.223 e. The molecule has 0 spiro atoms. The minimum absolute atomic E-state index is 0.117. The summed E-state index contributed by atoms with van der Waals surface area (Å²) in [4.78, 5) is 0.410. The van der Waals surface area contributed by atoms with Crippen molar-refractivity contribution in [1.29, 1.82) is 0 Å². The van der Waals surface area contributed by atoms with Gasteiger partial charge in [-0.3, -0.25) is 0 Å². The molecular weight excluding hydrogens is 172 g/mol. The van der Waals surface area contributed by atoms with Crippen molar-refractivity contribution in [2.75, 3.05) is 0 Å². The van der Waals surface area contributed by atoms with Gasteiger partial charge in [0.15, 0.2) is 9.84 Å². The van der Waals surface area contributed by atoms with Crippen molar-refractivity contribution in [1.82, 2.24) is 0 Å². The molecule has 12 heavy (non-hydrogen) atoms. The van der Waals surface area contributed by atoms with E-state index >= 15 is 0 Å². The molecule has 0 bridgehead atoms. The lowest BCUT2D eigenvalue weighted by Crippen LogP contribution is -2.06. The van der Waals surface area contributed by atoms with E-state index in [1.807, 2.05) is 0 Å². The summed E-state index contributed by atoms with van der Waals surface area (Å²) in [6.45, 7) is 0. The molecule has 1 aromatic carbocycles. The van der Waals surface area contributed by atoms with Crippen LogP contribution in [0.25, 0.3) is 0 Å². The maximum absolute atomic E-state index is 11.6. The minimum atomic E-state index is -3.00. The molecule has 63 valence electrons. The molecule has 0 aliphatic heterocycles. The fourth-order valence-electron chi connectivity index (χ4n) is 1.12. The van der Waals surface area contributed by atoms with Gasteiger partial charge >= 0.3 is 0 Å². The predicted molar refractivity (Wildman–Crippen MR) is 45.5 cm³/mol. The molecule has 0 aromatic heterocycles. The molecule has 2 rings (SSSR count). The summed E-state index contributed by atoms with van der Waals surface area (Å²) in [6, 6.07) is 9.34. The molecule has 0 amide bonds. The molecule has 1 fully saturated rings. The predicted octanol–water partition coefficient (Wildman–Crippen LogP) is 1.42. The summed E-state index contributed by atoms with van der Waals surface area (Å²) in [6.07, 6.45) is 1.63. The van der Waals surface area contributed by atoms with Gasteiger partial charge in [-0.15, -0.1) is 0 Å². The van der Waals surface area contributed by atoms with Gasteiger partial charge in [0.1, 0.15) is 0 Å². The van der Waals surface area contributed by atoms with Gasteiger partial charge in [-0.05, 0) is 31.0 Å². The van der Waals surface area contributed by atoms with Crippen molar-refractivity contribution >= 4 is 9.84 Å². The van der Waals surface area contributed by atoms with Gasteiger partial charge in [0.2, 0.25) is 0 Å². The van der Waals surface area contributed by atoms with Crippen LogP contribution in [0.4, 0.5) is 0 Å². The normalized spacial score (nSPS) is 17.7. The molecule has 0 unspecified atom stereocenters. The van der Waals surface area contributed by atoms with Crippen LogP contribution in [0.1, 0.15) is 12.8 Å². The molecule has 1 aromatic rings. The van der Waals surface area contributed by atoms with Gasteiger partial charge in [0.05, 0.1) is 10.1 Å².